The topological polar surface area (TPSA) is 46.5 Å². The molecule has 24 heavy (non-hydrogen) atoms. The fraction of sp³-hybridized carbons (Fsp3) is 0.0952. The van der Waals surface area contributed by atoms with E-state index in [1.165, 1.54) is 0 Å². The molecule has 3 rings (SSSR count). The number of esters is 1. The van der Waals surface area contributed by atoms with Gasteiger partial charge in [0.1, 0.15) is 6.10 Å². The fourth-order valence-electron chi connectivity index (χ4n) is 2.54. The molecule has 0 bridgehead atoms. The Hall–Kier alpha value is -2.91. The third kappa shape index (κ3) is 3.70. The van der Waals surface area contributed by atoms with E-state index >= 15 is 0 Å². The second kappa shape index (κ2) is 7.57. The van der Waals surface area contributed by atoms with Crippen LogP contribution in [0.3, 0.4) is 0 Å². The van der Waals surface area contributed by atoms with Crippen LogP contribution in [-0.4, -0.2) is 11.1 Å². The van der Waals surface area contributed by atoms with E-state index in [2.05, 4.69) is 0 Å². The van der Waals surface area contributed by atoms with E-state index in [4.69, 9.17) is 4.74 Å². The maximum Gasteiger partial charge on any atom is 0.338 e. The zero-order chi connectivity index (χ0) is 16.8. The maximum absolute atomic E-state index is 12.4. The quantitative estimate of drug-likeness (QED) is 0.713. The molecule has 0 amide bonds. The molecule has 0 unspecified atom stereocenters. The zero-order valence-corrected chi connectivity index (χ0v) is 13.1. The molecule has 0 aliphatic carbocycles. The van der Waals surface area contributed by atoms with Gasteiger partial charge >= 0.3 is 5.97 Å². The maximum atomic E-state index is 12.4. The highest BCUT2D eigenvalue weighted by atomic mass is 16.6. The summed E-state index contributed by atoms with van der Waals surface area (Å²) in [6, 6.07) is 27.3. The smallest absolute Gasteiger partial charge is 0.338 e. The highest BCUT2D eigenvalue weighted by molar-refractivity contribution is 5.89. The number of hydrogen-bond donors (Lipinski definition) is 1. The molecular weight excluding hydrogens is 300 g/mol. The lowest BCUT2D eigenvalue weighted by molar-refractivity contribution is -0.0209. The normalized spacial score (nSPS) is 13.0. The molecule has 2 atom stereocenters. The number of benzene rings is 3. The van der Waals surface area contributed by atoms with Crippen LogP contribution in [0.25, 0.3) is 0 Å². The lowest BCUT2D eigenvalue weighted by Gasteiger charge is -2.24. The summed E-state index contributed by atoms with van der Waals surface area (Å²) >= 11 is 0. The van der Waals surface area contributed by atoms with E-state index in [1.54, 1.807) is 24.3 Å². The molecule has 0 fully saturated rings. The van der Waals surface area contributed by atoms with Crippen LogP contribution in [0.15, 0.2) is 91.0 Å². The molecule has 0 saturated heterocycles. The van der Waals surface area contributed by atoms with Crippen LogP contribution in [0.5, 0.6) is 0 Å². The Kier molecular flexibility index (Phi) is 5.04. The Morgan fingerprint density at radius 2 is 1.17 bits per heavy atom. The first-order valence-electron chi connectivity index (χ1n) is 7.79. The molecule has 0 aliphatic heterocycles. The van der Waals surface area contributed by atoms with E-state index in [0.29, 0.717) is 11.1 Å². The summed E-state index contributed by atoms with van der Waals surface area (Å²) in [4.78, 5) is 12.4. The van der Waals surface area contributed by atoms with Gasteiger partial charge in [0.15, 0.2) is 6.10 Å². The molecule has 0 aliphatic rings. The summed E-state index contributed by atoms with van der Waals surface area (Å²) in [6.45, 7) is 0. The van der Waals surface area contributed by atoms with Crippen molar-refractivity contribution < 1.29 is 14.6 Å². The predicted octanol–water partition coefficient (Wildman–Crippen LogP) is 4.32. The van der Waals surface area contributed by atoms with Crippen LogP contribution in [0, 0.1) is 0 Å². The number of aliphatic hydroxyl groups excluding tert-OH is 1. The molecule has 3 nitrogen and oxygen atoms in total. The van der Waals surface area contributed by atoms with E-state index in [-0.39, 0.29) is 0 Å². The van der Waals surface area contributed by atoms with Crippen molar-refractivity contribution in [3.8, 4) is 0 Å². The van der Waals surface area contributed by atoms with Crippen molar-refractivity contribution in [1.29, 1.82) is 0 Å². The van der Waals surface area contributed by atoms with Gasteiger partial charge in [0.25, 0.3) is 0 Å². The van der Waals surface area contributed by atoms with Crippen LogP contribution in [0.2, 0.25) is 0 Å². The van der Waals surface area contributed by atoms with E-state index in [9.17, 15) is 9.90 Å². The predicted molar refractivity (Wildman–Crippen MR) is 92.4 cm³/mol. The van der Waals surface area contributed by atoms with Gasteiger partial charge < -0.3 is 9.84 Å². The van der Waals surface area contributed by atoms with Gasteiger partial charge in [-0.05, 0) is 23.3 Å². The van der Waals surface area contributed by atoms with Crippen molar-refractivity contribution in [1.82, 2.24) is 0 Å². The van der Waals surface area contributed by atoms with E-state index in [1.807, 2.05) is 66.7 Å². The molecule has 0 aromatic heterocycles. The number of aliphatic hydroxyl groups is 1. The van der Waals surface area contributed by atoms with Crippen molar-refractivity contribution in [2.75, 3.05) is 0 Å². The highest BCUT2D eigenvalue weighted by Gasteiger charge is 2.27. The van der Waals surface area contributed by atoms with Crippen LogP contribution >= 0.6 is 0 Å². The molecule has 1 N–H and O–H groups in total. The number of rotatable bonds is 5. The molecule has 0 saturated carbocycles. The van der Waals surface area contributed by atoms with E-state index in [0.717, 1.165) is 5.56 Å². The summed E-state index contributed by atoms with van der Waals surface area (Å²) in [5.41, 5.74) is 1.91. The molecule has 0 heterocycles. The summed E-state index contributed by atoms with van der Waals surface area (Å²) in [6.07, 6.45) is -1.72. The average molecular weight is 318 g/mol. The minimum atomic E-state index is -0.943. The minimum Gasteiger partial charge on any atom is -0.451 e. The number of ether oxygens (including phenoxy) is 1. The SMILES string of the molecule is O=C(O[C@@H](c1ccccc1)[C@@H](O)c1ccccc1)c1ccccc1. The molecule has 3 aromatic carbocycles. The van der Waals surface area contributed by atoms with E-state index < -0.39 is 18.2 Å². The zero-order valence-electron chi connectivity index (χ0n) is 13.1. The lowest BCUT2D eigenvalue weighted by Crippen LogP contribution is -2.18. The average Bonchev–Trinajstić information content (AvgIpc) is 2.67. The third-order valence-corrected chi connectivity index (χ3v) is 3.80. The number of carbonyl (C=O) groups excluding carboxylic acids is 1. The summed E-state index contributed by atoms with van der Waals surface area (Å²) in [5.74, 6) is -0.459. The molecule has 120 valence electrons. The summed E-state index contributed by atoms with van der Waals surface area (Å²) in [7, 11) is 0. The first kappa shape index (κ1) is 16.0. The van der Waals surface area contributed by atoms with Gasteiger partial charge in [-0.25, -0.2) is 4.79 Å². The molecule has 0 radical (unpaired) electrons. The Morgan fingerprint density at radius 3 is 1.71 bits per heavy atom. The Morgan fingerprint density at radius 1 is 0.708 bits per heavy atom. The van der Waals surface area contributed by atoms with Gasteiger partial charge in [0.2, 0.25) is 0 Å². The first-order chi connectivity index (χ1) is 11.8. The van der Waals surface area contributed by atoms with Gasteiger partial charge in [-0.3, -0.25) is 0 Å². The van der Waals surface area contributed by atoms with Gasteiger partial charge in [-0.2, -0.15) is 0 Å². The Labute approximate surface area is 141 Å². The Bertz CT molecular complexity index is 770. The number of carbonyl (C=O) groups is 1. The van der Waals surface area contributed by atoms with Gasteiger partial charge in [0, 0.05) is 0 Å². The van der Waals surface area contributed by atoms with Crippen molar-refractivity contribution in [2.24, 2.45) is 0 Å². The largest absolute Gasteiger partial charge is 0.451 e. The summed E-state index contributed by atoms with van der Waals surface area (Å²) < 4.78 is 5.65. The second-order valence-electron chi connectivity index (χ2n) is 5.46. The molecule has 3 aromatic rings. The fourth-order valence-corrected chi connectivity index (χ4v) is 2.54. The van der Waals surface area contributed by atoms with Gasteiger partial charge in [0.05, 0.1) is 5.56 Å². The minimum absolute atomic E-state index is 0.457. The standard InChI is InChI=1S/C21H18O3/c22-19(16-10-4-1-5-11-16)20(17-12-6-2-7-13-17)24-21(23)18-14-8-3-9-15-18/h1-15,19-20,22H/t19-,20-/m0/s1. The van der Waals surface area contributed by atoms with Crippen molar-refractivity contribution in [2.45, 2.75) is 12.2 Å². The highest BCUT2D eigenvalue weighted by Crippen LogP contribution is 2.32. The van der Waals surface area contributed by atoms with Crippen LogP contribution in [-0.2, 0) is 4.74 Å². The van der Waals surface area contributed by atoms with Gasteiger partial charge in [-0.15, -0.1) is 0 Å². The van der Waals surface area contributed by atoms with Crippen molar-refractivity contribution in [3.63, 3.8) is 0 Å². The monoisotopic (exact) mass is 318 g/mol. The lowest BCUT2D eigenvalue weighted by atomic mass is 9.98. The first-order valence-corrected chi connectivity index (χ1v) is 7.79. The number of hydrogen-bond acceptors (Lipinski definition) is 3. The van der Waals surface area contributed by atoms with Crippen LogP contribution in [0.1, 0.15) is 33.7 Å². The molecular formula is C21H18O3. The molecule has 0 spiro atoms. The second-order valence-corrected chi connectivity index (χ2v) is 5.46. The van der Waals surface area contributed by atoms with Crippen LogP contribution in [0.4, 0.5) is 0 Å². The summed E-state index contributed by atoms with van der Waals surface area (Å²) in [5, 5.41) is 10.8. The van der Waals surface area contributed by atoms with Crippen molar-refractivity contribution >= 4 is 5.97 Å². The molecule has 3 heteroatoms. The third-order valence-electron chi connectivity index (χ3n) is 3.80. The van der Waals surface area contributed by atoms with Crippen LogP contribution < -0.4 is 0 Å². The van der Waals surface area contributed by atoms with Gasteiger partial charge in [-0.1, -0.05) is 78.9 Å². The van der Waals surface area contributed by atoms with Crippen molar-refractivity contribution in [3.05, 3.63) is 108 Å². The Balaban J connectivity index is 1.90.